The first-order valence-corrected chi connectivity index (χ1v) is 11.6. The number of carbonyl (C=O) groups is 1. The average molecular weight is 349 g/mol. The van der Waals surface area contributed by atoms with Gasteiger partial charge < -0.3 is 9.16 Å². The van der Waals surface area contributed by atoms with Crippen LogP contribution >= 0.6 is 0 Å². The molecule has 1 aromatic rings. The molecule has 0 N–H and O–H groups in total. The SMILES string of the molecule is CCOC(=O)[C@@H](C)[C@@H](/C=C/c1ccccc1)O[Si](C)(C)C(C)(C)C. The van der Waals surface area contributed by atoms with Gasteiger partial charge in [-0.05, 0) is 37.5 Å². The van der Waals surface area contributed by atoms with Gasteiger partial charge >= 0.3 is 5.97 Å². The lowest BCUT2D eigenvalue weighted by molar-refractivity contribution is -0.149. The van der Waals surface area contributed by atoms with E-state index in [1.54, 1.807) is 0 Å². The minimum Gasteiger partial charge on any atom is -0.466 e. The van der Waals surface area contributed by atoms with Gasteiger partial charge in [0.05, 0.1) is 18.6 Å². The quantitative estimate of drug-likeness (QED) is 0.496. The van der Waals surface area contributed by atoms with Crippen molar-refractivity contribution >= 4 is 20.4 Å². The maximum atomic E-state index is 12.2. The Morgan fingerprint density at radius 1 is 1.21 bits per heavy atom. The third-order valence-electron chi connectivity index (χ3n) is 4.67. The summed E-state index contributed by atoms with van der Waals surface area (Å²) in [5.41, 5.74) is 1.09. The topological polar surface area (TPSA) is 35.5 Å². The number of rotatable bonds is 7. The lowest BCUT2D eigenvalue weighted by atomic mass is 10.0. The van der Waals surface area contributed by atoms with Crippen LogP contribution in [0.4, 0.5) is 0 Å². The third kappa shape index (κ3) is 5.91. The molecule has 0 amide bonds. The van der Waals surface area contributed by atoms with Gasteiger partial charge in [-0.15, -0.1) is 0 Å². The molecule has 0 radical (unpaired) electrons. The molecule has 0 saturated heterocycles. The van der Waals surface area contributed by atoms with Crippen molar-refractivity contribution < 1.29 is 14.0 Å². The highest BCUT2D eigenvalue weighted by Gasteiger charge is 2.40. The van der Waals surface area contributed by atoms with E-state index in [1.807, 2.05) is 56.3 Å². The molecule has 0 unspecified atom stereocenters. The van der Waals surface area contributed by atoms with Crippen LogP contribution in [-0.4, -0.2) is 27.0 Å². The second-order valence-corrected chi connectivity index (χ2v) is 12.4. The second-order valence-electron chi connectivity index (χ2n) is 7.65. The molecule has 2 atom stereocenters. The highest BCUT2D eigenvalue weighted by Crippen LogP contribution is 2.38. The lowest BCUT2D eigenvalue weighted by Crippen LogP contribution is -2.46. The van der Waals surface area contributed by atoms with Crippen LogP contribution in [0.5, 0.6) is 0 Å². The normalized spacial score (nSPS) is 15.3. The van der Waals surface area contributed by atoms with Gasteiger partial charge in [0.1, 0.15) is 0 Å². The summed E-state index contributed by atoms with van der Waals surface area (Å²) in [5, 5.41) is 0.0835. The summed E-state index contributed by atoms with van der Waals surface area (Å²) >= 11 is 0. The van der Waals surface area contributed by atoms with Gasteiger partial charge in [-0.1, -0.05) is 63.3 Å². The molecule has 0 saturated carbocycles. The molecule has 0 aliphatic carbocycles. The zero-order valence-electron chi connectivity index (χ0n) is 16.1. The fourth-order valence-corrected chi connectivity index (χ4v) is 3.32. The Morgan fingerprint density at radius 3 is 2.29 bits per heavy atom. The fourth-order valence-electron chi connectivity index (χ4n) is 2.00. The predicted molar refractivity (Wildman–Crippen MR) is 103 cm³/mol. The van der Waals surface area contributed by atoms with E-state index < -0.39 is 8.32 Å². The van der Waals surface area contributed by atoms with Crippen LogP contribution in [0.3, 0.4) is 0 Å². The van der Waals surface area contributed by atoms with E-state index in [1.165, 1.54) is 0 Å². The Hall–Kier alpha value is -1.39. The zero-order chi connectivity index (χ0) is 18.4. The van der Waals surface area contributed by atoms with Gasteiger partial charge in [0.15, 0.2) is 8.32 Å². The Kier molecular flexibility index (Phi) is 7.43. The summed E-state index contributed by atoms with van der Waals surface area (Å²) in [4.78, 5) is 12.2. The van der Waals surface area contributed by atoms with Crippen molar-refractivity contribution in [1.82, 2.24) is 0 Å². The zero-order valence-corrected chi connectivity index (χ0v) is 17.1. The summed E-state index contributed by atoms with van der Waals surface area (Å²) < 4.78 is 11.7. The molecule has 0 fully saturated rings. The molecule has 4 heteroatoms. The van der Waals surface area contributed by atoms with Crippen molar-refractivity contribution in [3.05, 3.63) is 42.0 Å². The molecule has 0 spiro atoms. The smallest absolute Gasteiger partial charge is 0.311 e. The number of benzene rings is 1. The number of hydrogen-bond acceptors (Lipinski definition) is 3. The fraction of sp³-hybridized carbons (Fsp3) is 0.550. The van der Waals surface area contributed by atoms with E-state index in [2.05, 4.69) is 33.9 Å². The van der Waals surface area contributed by atoms with Crippen LogP contribution in [0, 0.1) is 5.92 Å². The van der Waals surface area contributed by atoms with Gasteiger partial charge in [0.2, 0.25) is 0 Å². The molecule has 0 aromatic heterocycles. The van der Waals surface area contributed by atoms with Gasteiger partial charge in [-0.3, -0.25) is 4.79 Å². The van der Waals surface area contributed by atoms with Crippen molar-refractivity contribution in [3.63, 3.8) is 0 Å². The Labute approximate surface area is 148 Å². The van der Waals surface area contributed by atoms with E-state index in [0.29, 0.717) is 6.61 Å². The largest absolute Gasteiger partial charge is 0.466 e. The molecule has 3 nitrogen and oxygen atoms in total. The van der Waals surface area contributed by atoms with E-state index in [0.717, 1.165) is 5.56 Å². The van der Waals surface area contributed by atoms with E-state index in [-0.39, 0.29) is 23.0 Å². The molecule has 0 bridgehead atoms. The highest BCUT2D eigenvalue weighted by atomic mass is 28.4. The van der Waals surface area contributed by atoms with Gasteiger partial charge in [0.25, 0.3) is 0 Å². The first-order chi connectivity index (χ1) is 11.1. The standard InChI is InChI=1S/C20H32O3Si/c1-8-22-19(21)16(2)18(23-24(6,7)20(3,4)5)15-14-17-12-10-9-11-13-17/h9-16,18H,8H2,1-7H3/b15-14+/t16-,18+/m0/s1. The first kappa shape index (κ1) is 20.7. The monoisotopic (exact) mass is 348 g/mol. The molecule has 1 aromatic carbocycles. The van der Waals surface area contributed by atoms with Crippen LogP contribution in [0.1, 0.15) is 40.2 Å². The number of carbonyl (C=O) groups excluding carboxylic acids is 1. The van der Waals surface area contributed by atoms with Crippen molar-refractivity contribution in [2.75, 3.05) is 6.61 Å². The van der Waals surface area contributed by atoms with Crippen molar-refractivity contribution in [2.45, 2.75) is 58.9 Å². The number of ether oxygens (including phenoxy) is 1. The van der Waals surface area contributed by atoms with Crippen LogP contribution < -0.4 is 0 Å². The molecule has 134 valence electrons. The average Bonchev–Trinajstić information content (AvgIpc) is 2.50. The van der Waals surface area contributed by atoms with Gasteiger partial charge in [-0.25, -0.2) is 0 Å². The minimum atomic E-state index is -2.00. The maximum absolute atomic E-state index is 12.2. The molecule has 1 rings (SSSR count). The Morgan fingerprint density at radius 2 is 1.79 bits per heavy atom. The summed E-state index contributed by atoms with van der Waals surface area (Å²) in [6.07, 6.45) is 3.73. The Balaban J connectivity index is 3.03. The van der Waals surface area contributed by atoms with Crippen LogP contribution in [0.2, 0.25) is 18.1 Å². The first-order valence-electron chi connectivity index (χ1n) is 8.66. The second kappa shape index (κ2) is 8.63. The Bertz CT molecular complexity index is 544. The molecule has 0 heterocycles. The van der Waals surface area contributed by atoms with Crippen molar-refractivity contribution in [1.29, 1.82) is 0 Å². The molecular formula is C20H32O3Si. The lowest BCUT2D eigenvalue weighted by Gasteiger charge is -2.39. The number of esters is 1. The molecular weight excluding hydrogens is 316 g/mol. The molecule has 0 aliphatic rings. The summed E-state index contributed by atoms with van der Waals surface area (Å²) in [5.74, 6) is -0.544. The van der Waals surface area contributed by atoms with E-state index >= 15 is 0 Å². The summed E-state index contributed by atoms with van der Waals surface area (Å²) in [6.45, 7) is 15.1. The third-order valence-corrected chi connectivity index (χ3v) is 9.14. The highest BCUT2D eigenvalue weighted by molar-refractivity contribution is 6.74. The van der Waals surface area contributed by atoms with Crippen molar-refractivity contribution in [2.24, 2.45) is 5.92 Å². The van der Waals surface area contributed by atoms with Gasteiger partial charge in [-0.2, -0.15) is 0 Å². The van der Waals surface area contributed by atoms with Crippen molar-refractivity contribution in [3.8, 4) is 0 Å². The maximum Gasteiger partial charge on any atom is 0.311 e. The molecule has 24 heavy (non-hydrogen) atoms. The minimum absolute atomic E-state index is 0.0835. The van der Waals surface area contributed by atoms with E-state index in [9.17, 15) is 4.79 Å². The summed E-state index contributed by atoms with van der Waals surface area (Å²) in [7, 11) is -2.00. The van der Waals surface area contributed by atoms with Gasteiger partial charge in [0, 0.05) is 0 Å². The molecule has 0 aliphatic heterocycles. The number of hydrogen-bond donors (Lipinski definition) is 0. The van der Waals surface area contributed by atoms with E-state index in [4.69, 9.17) is 9.16 Å². The van der Waals surface area contributed by atoms with Crippen LogP contribution in [0.25, 0.3) is 6.08 Å². The predicted octanol–water partition coefficient (Wildman–Crippen LogP) is 5.29. The van der Waals surface area contributed by atoms with Crippen LogP contribution in [-0.2, 0) is 14.0 Å². The summed E-state index contributed by atoms with van der Waals surface area (Å²) in [6, 6.07) is 10.1. The van der Waals surface area contributed by atoms with Crippen LogP contribution in [0.15, 0.2) is 36.4 Å².